The molecular formula is C13H23N5O2. The van der Waals surface area contributed by atoms with E-state index in [1.54, 1.807) is 0 Å². The van der Waals surface area contributed by atoms with Gasteiger partial charge in [-0.05, 0) is 39.5 Å². The van der Waals surface area contributed by atoms with Crippen molar-refractivity contribution < 1.29 is 9.47 Å². The fraction of sp³-hybridized carbons (Fsp3) is 0.769. The summed E-state index contributed by atoms with van der Waals surface area (Å²) in [4.78, 5) is 12.4. The van der Waals surface area contributed by atoms with Gasteiger partial charge < -0.3 is 9.47 Å². The highest BCUT2D eigenvalue weighted by molar-refractivity contribution is 5.25. The lowest BCUT2D eigenvalue weighted by Crippen LogP contribution is -2.19. The van der Waals surface area contributed by atoms with Gasteiger partial charge >= 0.3 is 12.0 Å². The zero-order valence-corrected chi connectivity index (χ0v) is 12.1. The van der Waals surface area contributed by atoms with E-state index in [0.717, 1.165) is 12.8 Å². The lowest BCUT2D eigenvalue weighted by molar-refractivity contribution is 0.160. The maximum Gasteiger partial charge on any atom is 0.324 e. The van der Waals surface area contributed by atoms with Crippen molar-refractivity contribution in [1.29, 1.82) is 0 Å². The molecule has 0 unspecified atom stereocenters. The summed E-state index contributed by atoms with van der Waals surface area (Å²) in [5, 5.41) is 0. The minimum Gasteiger partial charge on any atom is -0.461 e. The number of rotatable bonds is 5. The van der Waals surface area contributed by atoms with E-state index in [1.807, 2.05) is 13.8 Å². The summed E-state index contributed by atoms with van der Waals surface area (Å²) in [7, 11) is 0. The second kappa shape index (κ2) is 7.23. The molecule has 0 atom stereocenters. The van der Waals surface area contributed by atoms with Crippen LogP contribution in [0.15, 0.2) is 0 Å². The van der Waals surface area contributed by atoms with Crippen LogP contribution in [0.25, 0.3) is 0 Å². The molecule has 7 heteroatoms. The molecule has 112 valence electrons. The molecule has 2 rings (SSSR count). The van der Waals surface area contributed by atoms with Crippen LogP contribution in [0.3, 0.4) is 0 Å². The van der Waals surface area contributed by atoms with Crippen LogP contribution in [0.5, 0.6) is 12.0 Å². The molecule has 1 aromatic heterocycles. The summed E-state index contributed by atoms with van der Waals surface area (Å²) in [6.07, 6.45) is 7.14. The van der Waals surface area contributed by atoms with Crippen molar-refractivity contribution in [2.75, 3.05) is 5.43 Å². The van der Waals surface area contributed by atoms with Crippen molar-refractivity contribution in [1.82, 2.24) is 15.0 Å². The third kappa shape index (κ3) is 4.48. The fourth-order valence-electron chi connectivity index (χ4n) is 2.23. The summed E-state index contributed by atoms with van der Waals surface area (Å²) in [6, 6.07) is 0.502. The third-order valence-corrected chi connectivity index (χ3v) is 3.14. The summed E-state index contributed by atoms with van der Waals surface area (Å²) >= 11 is 0. The van der Waals surface area contributed by atoms with Crippen molar-refractivity contribution in [3.8, 4) is 12.0 Å². The largest absolute Gasteiger partial charge is 0.461 e. The van der Waals surface area contributed by atoms with E-state index in [4.69, 9.17) is 15.3 Å². The number of hydrogen-bond acceptors (Lipinski definition) is 7. The lowest BCUT2D eigenvalue weighted by atomic mass is 10.2. The highest BCUT2D eigenvalue weighted by Crippen LogP contribution is 2.22. The molecule has 1 aliphatic carbocycles. The highest BCUT2D eigenvalue weighted by Gasteiger charge is 2.17. The van der Waals surface area contributed by atoms with Crippen LogP contribution in [0.4, 0.5) is 5.95 Å². The topological polar surface area (TPSA) is 95.2 Å². The Morgan fingerprint density at radius 3 is 2.30 bits per heavy atom. The number of nitrogens with zero attached hydrogens (tertiary/aromatic N) is 3. The summed E-state index contributed by atoms with van der Waals surface area (Å²) in [5.74, 6) is 5.61. The van der Waals surface area contributed by atoms with Crippen molar-refractivity contribution in [3.63, 3.8) is 0 Å². The number of hydrazine groups is 1. The van der Waals surface area contributed by atoms with E-state index in [9.17, 15) is 0 Å². The number of nitrogens with two attached hydrogens (primary N) is 1. The first-order valence-electron chi connectivity index (χ1n) is 7.23. The molecule has 1 heterocycles. The Morgan fingerprint density at radius 2 is 1.70 bits per heavy atom. The molecule has 0 radical (unpaired) electrons. The van der Waals surface area contributed by atoms with Gasteiger partial charge in [-0.25, -0.2) is 5.84 Å². The fourth-order valence-corrected chi connectivity index (χ4v) is 2.23. The van der Waals surface area contributed by atoms with Gasteiger partial charge in [-0.15, -0.1) is 4.98 Å². The van der Waals surface area contributed by atoms with E-state index in [-0.39, 0.29) is 30.2 Å². The molecule has 0 amide bonds. The predicted octanol–water partition coefficient (Wildman–Crippen LogP) is 2.05. The van der Waals surface area contributed by atoms with Gasteiger partial charge in [0.2, 0.25) is 5.95 Å². The molecule has 0 aromatic carbocycles. The normalized spacial score (nSPS) is 16.8. The standard InChI is InChI=1S/C13H23N5O2/c1-9(2)19-12-15-11(18-14)16-13(17-12)20-10-7-5-3-4-6-8-10/h9-10H,3-8,14H2,1-2H3,(H,15,16,17,18). The Bertz CT molecular complexity index is 419. The Morgan fingerprint density at radius 1 is 1.05 bits per heavy atom. The molecule has 1 aromatic rings. The van der Waals surface area contributed by atoms with Gasteiger partial charge in [0.25, 0.3) is 0 Å². The highest BCUT2D eigenvalue weighted by atomic mass is 16.5. The second-order valence-electron chi connectivity index (χ2n) is 5.27. The van der Waals surface area contributed by atoms with Gasteiger partial charge in [0.05, 0.1) is 6.10 Å². The molecule has 7 nitrogen and oxygen atoms in total. The predicted molar refractivity (Wildman–Crippen MR) is 75.5 cm³/mol. The summed E-state index contributed by atoms with van der Waals surface area (Å²) in [5.41, 5.74) is 2.41. The smallest absolute Gasteiger partial charge is 0.324 e. The Labute approximate surface area is 119 Å². The minimum absolute atomic E-state index is 0.0197. The molecular weight excluding hydrogens is 258 g/mol. The molecule has 0 aliphatic heterocycles. The molecule has 0 saturated heterocycles. The van der Waals surface area contributed by atoms with Crippen LogP contribution in [-0.4, -0.2) is 27.2 Å². The first-order chi connectivity index (χ1) is 9.67. The number of nitrogen functional groups attached to an aromatic ring is 1. The molecule has 1 aliphatic rings. The first kappa shape index (κ1) is 14.8. The average molecular weight is 281 g/mol. The van der Waals surface area contributed by atoms with Crippen molar-refractivity contribution in [2.45, 2.75) is 64.6 Å². The molecule has 20 heavy (non-hydrogen) atoms. The number of nitrogens with one attached hydrogen (secondary N) is 1. The van der Waals surface area contributed by atoms with Gasteiger partial charge in [0.1, 0.15) is 6.10 Å². The van der Waals surface area contributed by atoms with Gasteiger partial charge in [0.15, 0.2) is 0 Å². The van der Waals surface area contributed by atoms with Gasteiger partial charge in [-0.3, -0.25) is 5.43 Å². The monoisotopic (exact) mass is 281 g/mol. The van der Waals surface area contributed by atoms with Crippen molar-refractivity contribution in [2.24, 2.45) is 5.84 Å². The van der Waals surface area contributed by atoms with E-state index < -0.39 is 0 Å². The third-order valence-electron chi connectivity index (χ3n) is 3.14. The first-order valence-corrected chi connectivity index (χ1v) is 7.23. The molecule has 0 bridgehead atoms. The Kier molecular flexibility index (Phi) is 5.34. The Hall–Kier alpha value is -1.63. The average Bonchev–Trinajstić information content (AvgIpc) is 2.66. The van der Waals surface area contributed by atoms with E-state index in [1.165, 1.54) is 25.7 Å². The van der Waals surface area contributed by atoms with E-state index in [0.29, 0.717) is 0 Å². The van der Waals surface area contributed by atoms with Crippen molar-refractivity contribution >= 4 is 5.95 Å². The molecule has 0 spiro atoms. The number of hydrogen-bond donors (Lipinski definition) is 2. The minimum atomic E-state index is -0.0197. The van der Waals surface area contributed by atoms with Crippen LogP contribution in [0.2, 0.25) is 0 Å². The molecule has 1 fully saturated rings. The van der Waals surface area contributed by atoms with Crippen LogP contribution < -0.4 is 20.7 Å². The van der Waals surface area contributed by atoms with Gasteiger partial charge in [-0.1, -0.05) is 12.8 Å². The second-order valence-corrected chi connectivity index (χ2v) is 5.27. The maximum atomic E-state index is 5.86. The van der Waals surface area contributed by atoms with Crippen LogP contribution in [0, 0.1) is 0 Å². The lowest BCUT2D eigenvalue weighted by Gasteiger charge is -2.16. The summed E-state index contributed by atoms with van der Waals surface area (Å²) < 4.78 is 11.3. The number of ether oxygens (including phenoxy) is 2. The number of aromatic nitrogens is 3. The maximum absolute atomic E-state index is 5.86. The molecule has 3 N–H and O–H groups in total. The quantitative estimate of drug-likeness (QED) is 0.484. The van der Waals surface area contributed by atoms with Gasteiger partial charge in [0, 0.05) is 0 Å². The van der Waals surface area contributed by atoms with E-state index in [2.05, 4.69) is 20.4 Å². The SMILES string of the molecule is CC(C)Oc1nc(NN)nc(OC2CCCCCC2)n1. The van der Waals surface area contributed by atoms with E-state index >= 15 is 0 Å². The van der Waals surface area contributed by atoms with Crippen LogP contribution >= 0.6 is 0 Å². The van der Waals surface area contributed by atoms with Gasteiger partial charge in [-0.2, -0.15) is 9.97 Å². The summed E-state index contributed by atoms with van der Waals surface area (Å²) in [6.45, 7) is 3.82. The number of anilines is 1. The zero-order valence-electron chi connectivity index (χ0n) is 12.1. The molecule has 1 saturated carbocycles. The van der Waals surface area contributed by atoms with Crippen molar-refractivity contribution in [3.05, 3.63) is 0 Å². The Balaban J connectivity index is 2.08. The van der Waals surface area contributed by atoms with Crippen LogP contribution in [0.1, 0.15) is 52.4 Å². The zero-order chi connectivity index (χ0) is 14.4. The van der Waals surface area contributed by atoms with Crippen LogP contribution in [-0.2, 0) is 0 Å².